The average Bonchev–Trinajstić information content (AvgIpc) is 2.85. The van der Waals surface area contributed by atoms with Crippen LogP contribution in [0.15, 0.2) is 16.5 Å². The lowest BCUT2D eigenvalue weighted by Gasteiger charge is -2.28. The Hall–Kier alpha value is -0.840. The first kappa shape index (κ1) is 13.6. The van der Waals surface area contributed by atoms with Crippen LogP contribution in [0.25, 0.3) is 0 Å². The highest BCUT2D eigenvalue weighted by molar-refractivity contribution is 5.06. The largest absolute Gasteiger partial charge is 0.465 e. The number of furan rings is 1. The summed E-state index contributed by atoms with van der Waals surface area (Å²) in [6, 6.07) is 4.18. The molecule has 1 N–H and O–H groups in total. The van der Waals surface area contributed by atoms with Crippen LogP contribution in [0.5, 0.6) is 0 Å². The van der Waals surface area contributed by atoms with Crippen LogP contribution in [0, 0.1) is 0 Å². The number of likely N-dealkylation sites (N-methyl/N-ethyl adjacent to an activating group) is 1. The van der Waals surface area contributed by atoms with Crippen molar-refractivity contribution in [1.29, 1.82) is 0 Å². The highest BCUT2D eigenvalue weighted by Gasteiger charge is 2.11. The third-order valence-corrected chi connectivity index (χ3v) is 3.50. The van der Waals surface area contributed by atoms with Gasteiger partial charge in [0.2, 0.25) is 0 Å². The SMILES string of the molecule is CCc1ccc(CN(C)CCN2CCNCC2)o1. The zero-order chi connectivity index (χ0) is 12.8. The van der Waals surface area contributed by atoms with Crippen molar-refractivity contribution in [3.05, 3.63) is 23.7 Å². The second-order valence-corrected chi connectivity index (χ2v) is 5.05. The summed E-state index contributed by atoms with van der Waals surface area (Å²) < 4.78 is 5.73. The van der Waals surface area contributed by atoms with Gasteiger partial charge in [0.15, 0.2) is 0 Å². The van der Waals surface area contributed by atoms with Crippen LogP contribution in [0.3, 0.4) is 0 Å². The molecule has 4 nitrogen and oxygen atoms in total. The van der Waals surface area contributed by atoms with Crippen LogP contribution in [0.4, 0.5) is 0 Å². The normalized spacial score (nSPS) is 17.5. The van der Waals surface area contributed by atoms with E-state index in [9.17, 15) is 0 Å². The van der Waals surface area contributed by atoms with Gasteiger partial charge in [-0.25, -0.2) is 0 Å². The molecule has 102 valence electrons. The van der Waals surface area contributed by atoms with Gasteiger partial charge >= 0.3 is 0 Å². The summed E-state index contributed by atoms with van der Waals surface area (Å²) in [5.41, 5.74) is 0. The summed E-state index contributed by atoms with van der Waals surface area (Å²) >= 11 is 0. The smallest absolute Gasteiger partial charge is 0.118 e. The van der Waals surface area contributed by atoms with Gasteiger partial charge in [-0.3, -0.25) is 9.80 Å². The first-order chi connectivity index (χ1) is 8.78. The van der Waals surface area contributed by atoms with Crippen molar-refractivity contribution >= 4 is 0 Å². The van der Waals surface area contributed by atoms with Crippen molar-refractivity contribution < 1.29 is 4.42 Å². The summed E-state index contributed by atoms with van der Waals surface area (Å²) in [7, 11) is 2.16. The third-order valence-electron chi connectivity index (χ3n) is 3.50. The van der Waals surface area contributed by atoms with Crippen molar-refractivity contribution in [3.63, 3.8) is 0 Å². The minimum Gasteiger partial charge on any atom is -0.465 e. The lowest BCUT2D eigenvalue weighted by molar-refractivity contribution is 0.196. The number of hydrogen-bond donors (Lipinski definition) is 1. The molecule has 0 amide bonds. The molecule has 0 spiro atoms. The molecule has 4 heteroatoms. The monoisotopic (exact) mass is 251 g/mol. The fourth-order valence-electron chi connectivity index (χ4n) is 2.29. The zero-order valence-electron chi connectivity index (χ0n) is 11.6. The Morgan fingerprint density at radius 1 is 1.28 bits per heavy atom. The van der Waals surface area contributed by atoms with Gasteiger partial charge in [0.1, 0.15) is 11.5 Å². The lowest BCUT2D eigenvalue weighted by Crippen LogP contribution is -2.45. The maximum absolute atomic E-state index is 5.73. The Labute approximate surface area is 110 Å². The predicted octanol–water partition coefficient (Wildman–Crippen LogP) is 1.18. The molecule has 1 aliphatic heterocycles. The van der Waals surface area contributed by atoms with Gasteiger partial charge in [-0.15, -0.1) is 0 Å². The van der Waals surface area contributed by atoms with Crippen LogP contribution >= 0.6 is 0 Å². The second-order valence-electron chi connectivity index (χ2n) is 5.05. The zero-order valence-corrected chi connectivity index (χ0v) is 11.6. The topological polar surface area (TPSA) is 31.6 Å². The van der Waals surface area contributed by atoms with Gasteiger partial charge in [0.25, 0.3) is 0 Å². The van der Waals surface area contributed by atoms with E-state index in [1.807, 2.05) is 0 Å². The molecule has 0 unspecified atom stereocenters. The Kier molecular flexibility index (Phi) is 5.23. The Balaban J connectivity index is 1.69. The van der Waals surface area contributed by atoms with Crippen molar-refractivity contribution in [2.75, 3.05) is 46.3 Å². The molecule has 0 aliphatic carbocycles. The fourth-order valence-corrected chi connectivity index (χ4v) is 2.29. The summed E-state index contributed by atoms with van der Waals surface area (Å²) in [6.07, 6.45) is 0.977. The van der Waals surface area contributed by atoms with E-state index in [-0.39, 0.29) is 0 Å². The summed E-state index contributed by atoms with van der Waals surface area (Å²) in [5, 5.41) is 3.38. The molecule has 0 saturated carbocycles. The molecule has 2 rings (SSSR count). The van der Waals surface area contributed by atoms with Crippen molar-refractivity contribution in [1.82, 2.24) is 15.1 Å². The molecular formula is C14H25N3O. The van der Waals surface area contributed by atoms with Gasteiger partial charge in [-0.05, 0) is 19.2 Å². The van der Waals surface area contributed by atoms with Gasteiger partial charge in [-0.1, -0.05) is 6.92 Å². The summed E-state index contributed by atoms with van der Waals surface area (Å²) in [4.78, 5) is 4.85. The first-order valence-electron chi connectivity index (χ1n) is 6.97. The van der Waals surface area contributed by atoms with Crippen molar-refractivity contribution in [3.8, 4) is 0 Å². The van der Waals surface area contributed by atoms with E-state index >= 15 is 0 Å². The molecule has 0 atom stereocenters. The number of nitrogens with zero attached hydrogens (tertiary/aromatic N) is 2. The predicted molar refractivity (Wildman–Crippen MR) is 73.7 cm³/mol. The molecule has 1 saturated heterocycles. The number of nitrogens with one attached hydrogen (secondary N) is 1. The van der Waals surface area contributed by atoms with Gasteiger partial charge < -0.3 is 9.73 Å². The molecule has 0 bridgehead atoms. The number of hydrogen-bond acceptors (Lipinski definition) is 4. The molecule has 1 aliphatic rings. The average molecular weight is 251 g/mol. The van der Waals surface area contributed by atoms with Crippen molar-refractivity contribution in [2.45, 2.75) is 19.9 Å². The quantitative estimate of drug-likeness (QED) is 0.823. The van der Waals surface area contributed by atoms with Crippen LogP contribution in [-0.2, 0) is 13.0 Å². The molecular weight excluding hydrogens is 226 g/mol. The van der Waals surface area contributed by atoms with Crippen molar-refractivity contribution in [2.24, 2.45) is 0 Å². The molecule has 18 heavy (non-hydrogen) atoms. The Morgan fingerprint density at radius 2 is 2.00 bits per heavy atom. The standard InChI is InChI=1S/C14H25N3O/c1-3-13-4-5-14(18-13)12-16(2)10-11-17-8-6-15-7-9-17/h4-5,15H,3,6-12H2,1-2H3. The van der Waals surface area contributed by atoms with Crippen LogP contribution in [0.1, 0.15) is 18.4 Å². The van der Waals surface area contributed by atoms with E-state index in [2.05, 4.69) is 41.2 Å². The lowest BCUT2D eigenvalue weighted by atomic mass is 10.3. The van der Waals surface area contributed by atoms with E-state index in [0.29, 0.717) is 0 Å². The molecule has 2 heterocycles. The highest BCUT2D eigenvalue weighted by Crippen LogP contribution is 2.10. The molecule has 0 radical (unpaired) electrons. The van der Waals surface area contributed by atoms with Gasteiger partial charge in [0.05, 0.1) is 6.54 Å². The second kappa shape index (κ2) is 6.92. The fraction of sp³-hybridized carbons (Fsp3) is 0.714. The molecule has 1 aromatic rings. The summed E-state index contributed by atoms with van der Waals surface area (Å²) in [5.74, 6) is 2.16. The van der Waals surface area contributed by atoms with Gasteiger partial charge in [-0.2, -0.15) is 0 Å². The van der Waals surface area contributed by atoms with E-state index in [1.54, 1.807) is 0 Å². The minimum absolute atomic E-state index is 0.909. The van der Waals surface area contributed by atoms with E-state index < -0.39 is 0 Å². The van der Waals surface area contributed by atoms with Crippen LogP contribution in [-0.4, -0.2) is 56.1 Å². The Bertz CT molecular complexity index is 345. The minimum atomic E-state index is 0.909. The number of aryl methyl sites for hydroxylation is 1. The number of piperazine rings is 1. The van der Waals surface area contributed by atoms with E-state index in [0.717, 1.165) is 50.7 Å². The highest BCUT2D eigenvalue weighted by atomic mass is 16.3. The first-order valence-corrected chi connectivity index (χ1v) is 6.97. The van der Waals surface area contributed by atoms with Crippen LogP contribution in [0.2, 0.25) is 0 Å². The van der Waals surface area contributed by atoms with Crippen LogP contribution < -0.4 is 5.32 Å². The maximum atomic E-state index is 5.73. The third kappa shape index (κ3) is 4.12. The van der Waals surface area contributed by atoms with E-state index in [1.165, 1.54) is 13.1 Å². The maximum Gasteiger partial charge on any atom is 0.118 e. The summed E-state index contributed by atoms with van der Waals surface area (Å²) in [6.45, 7) is 9.89. The Morgan fingerprint density at radius 3 is 2.67 bits per heavy atom. The van der Waals surface area contributed by atoms with Gasteiger partial charge in [0, 0.05) is 45.7 Å². The van der Waals surface area contributed by atoms with E-state index in [4.69, 9.17) is 4.42 Å². The molecule has 1 aromatic heterocycles. The number of rotatable bonds is 6. The molecule has 0 aromatic carbocycles. The molecule has 1 fully saturated rings.